The van der Waals surface area contributed by atoms with Crippen LogP contribution in [0.1, 0.15) is 29.6 Å². The van der Waals surface area contributed by atoms with E-state index in [-0.39, 0.29) is 35.4 Å². The highest BCUT2D eigenvalue weighted by Crippen LogP contribution is 2.20. The highest BCUT2D eigenvalue weighted by atomic mass is 32.2. The van der Waals surface area contributed by atoms with Gasteiger partial charge in [-0.05, 0) is 31.0 Å². The Morgan fingerprint density at radius 1 is 1.36 bits per heavy atom. The van der Waals surface area contributed by atoms with Crippen molar-refractivity contribution in [3.05, 3.63) is 29.8 Å². The lowest BCUT2D eigenvalue weighted by molar-refractivity contribution is -0.137. The van der Waals surface area contributed by atoms with Gasteiger partial charge >= 0.3 is 5.97 Å². The van der Waals surface area contributed by atoms with Crippen molar-refractivity contribution in [2.45, 2.75) is 30.2 Å². The molecule has 1 fully saturated rings. The zero-order chi connectivity index (χ0) is 16.3. The summed E-state index contributed by atoms with van der Waals surface area (Å²) in [6, 6.07) is 5.93. The molecule has 0 unspecified atom stereocenters. The van der Waals surface area contributed by atoms with E-state index in [9.17, 15) is 18.0 Å². The van der Waals surface area contributed by atoms with E-state index >= 15 is 0 Å². The zero-order valence-electron chi connectivity index (χ0n) is 12.2. The molecule has 2 rings (SSSR count). The first-order valence-electron chi connectivity index (χ1n) is 6.90. The Hall–Kier alpha value is -1.93. The smallest absolute Gasteiger partial charge is 0.304 e. The van der Waals surface area contributed by atoms with Crippen LogP contribution in [0.15, 0.2) is 29.2 Å². The Kier molecular flexibility index (Phi) is 4.82. The number of sulfonamides is 1. The van der Waals surface area contributed by atoms with E-state index in [1.807, 2.05) is 0 Å². The van der Waals surface area contributed by atoms with E-state index in [4.69, 9.17) is 5.11 Å². The number of nitrogens with zero attached hydrogens (tertiary/aromatic N) is 1. The van der Waals surface area contributed by atoms with Gasteiger partial charge in [0, 0.05) is 25.2 Å². The highest BCUT2D eigenvalue weighted by molar-refractivity contribution is 7.89. The van der Waals surface area contributed by atoms with Crippen LogP contribution in [0, 0.1) is 0 Å². The van der Waals surface area contributed by atoms with Crippen molar-refractivity contribution in [3.8, 4) is 0 Å². The van der Waals surface area contributed by atoms with Crippen LogP contribution in [0.4, 0.5) is 0 Å². The monoisotopic (exact) mass is 326 g/mol. The van der Waals surface area contributed by atoms with Crippen LogP contribution in [0.2, 0.25) is 0 Å². The van der Waals surface area contributed by atoms with Gasteiger partial charge in [-0.15, -0.1) is 0 Å². The van der Waals surface area contributed by atoms with Gasteiger partial charge in [-0.25, -0.2) is 12.7 Å². The maximum absolute atomic E-state index is 12.4. The first-order chi connectivity index (χ1) is 10.3. The van der Waals surface area contributed by atoms with Gasteiger partial charge in [0.1, 0.15) is 0 Å². The minimum Gasteiger partial charge on any atom is -0.481 e. The minimum absolute atomic E-state index is 0.0242. The summed E-state index contributed by atoms with van der Waals surface area (Å²) in [6.07, 6.45) is 1.61. The standard InChI is InChI=1S/C14H18N2O5S/c1-16(8-7-13(17)18)22(20,21)12-4-2-3-10(9-12)14(19)15-11-5-6-11/h2-4,9,11H,5-8H2,1H3,(H,15,19)(H,17,18). The Balaban J connectivity index is 2.16. The molecular weight excluding hydrogens is 308 g/mol. The van der Waals surface area contributed by atoms with Gasteiger partial charge in [0.25, 0.3) is 5.91 Å². The molecule has 0 heterocycles. The van der Waals surface area contributed by atoms with Gasteiger partial charge in [-0.3, -0.25) is 9.59 Å². The number of amides is 1. The lowest BCUT2D eigenvalue weighted by atomic mass is 10.2. The summed E-state index contributed by atoms with van der Waals surface area (Å²) in [7, 11) is -2.50. The number of nitrogens with one attached hydrogen (secondary N) is 1. The predicted octanol–water partition coefficient (Wildman–Crippen LogP) is 0.674. The summed E-state index contributed by atoms with van der Waals surface area (Å²) in [5.74, 6) is -1.37. The fourth-order valence-corrected chi connectivity index (χ4v) is 3.07. The summed E-state index contributed by atoms with van der Waals surface area (Å²) in [5, 5.41) is 11.4. The van der Waals surface area contributed by atoms with Crippen molar-refractivity contribution in [2.75, 3.05) is 13.6 Å². The number of hydrogen-bond donors (Lipinski definition) is 2. The van der Waals surface area contributed by atoms with Gasteiger partial charge in [0.2, 0.25) is 10.0 Å². The maximum atomic E-state index is 12.4. The van der Waals surface area contributed by atoms with Gasteiger partial charge in [-0.2, -0.15) is 0 Å². The van der Waals surface area contributed by atoms with E-state index in [2.05, 4.69) is 5.32 Å². The number of benzene rings is 1. The summed E-state index contributed by atoms with van der Waals surface area (Å²) in [4.78, 5) is 22.5. The molecule has 22 heavy (non-hydrogen) atoms. The first-order valence-corrected chi connectivity index (χ1v) is 8.34. The molecule has 0 aliphatic heterocycles. The molecular formula is C14H18N2O5S. The van der Waals surface area contributed by atoms with Gasteiger partial charge in [-0.1, -0.05) is 6.07 Å². The molecule has 1 aromatic rings. The van der Waals surface area contributed by atoms with E-state index in [1.54, 1.807) is 6.07 Å². The fraction of sp³-hybridized carbons (Fsp3) is 0.429. The lowest BCUT2D eigenvalue weighted by Gasteiger charge is -2.16. The van der Waals surface area contributed by atoms with Crippen molar-refractivity contribution in [2.24, 2.45) is 0 Å². The van der Waals surface area contributed by atoms with Gasteiger partial charge < -0.3 is 10.4 Å². The molecule has 0 radical (unpaired) electrons. The second kappa shape index (κ2) is 6.45. The van der Waals surface area contributed by atoms with Crippen LogP contribution in [0.3, 0.4) is 0 Å². The molecule has 120 valence electrons. The van der Waals surface area contributed by atoms with E-state index < -0.39 is 16.0 Å². The minimum atomic E-state index is -3.81. The molecule has 0 bridgehead atoms. The van der Waals surface area contributed by atoms with Crippen LogP contribution in [-0.2, 0) is 14.8 Å². The molecule has 8 heteroatoms. The SMILES string of the molecule is CN(CCC(=O)O)S(=O)(=O)c1cccc(C(=O)NC2CC2)c1. The van der Waals surface area contributed by atoms with E-state index in [0.29, 0.717) is 0 Å². The Morgan fingerprint density at radius 2 is 2.05 bits per heavy atom. The second-order valence-electron chi connectivity index (χ2n) is 5.25. The molecule has 0 aromatic heterocycles. The van der Waals surface area contributed by atoms with Crippen LogP contribution in [0.5, 0.6) is 0 Å². The van der Waals surface area contributed by atoms with Crippen LogP contribution >= 0.6 is 0 Å². The number of carboxylic acid groups (broad SMARTS) is 1. The van der Waals surface area contributed by atoms with Crippen molar-refractivity contribution in [1.29, 1.82) is 0 Å². The number of carboxylic acids is 1. The molecule has 2 N–H and O–H groups in total. The number of carbonyl (C=O) groups excluding carboxylic acids is 1. The molecule has 7 nitrogen and oxygen atoms in total. The molecule has 1 aliphatic rings. The summed E-state index contributed by atoms with van der Waals surface area (Å²) >= 11 is 0. The Bertz CT molecular complexity index is 682. The largest absolute Gasteiger partial charge is 0.481 e. The topological polar surface area (TPSA) is 104 Å². The van der Waals surface area contributed by atoms with Crippen LogP contribution in [0.25, 0.3) is 0 Å². The van der Waals surface area contributed by atoms with Crippen LogP contribution < -0.4 is 5.32 Å². The lowest BCUT2D eigenvalue weighted by Crippen LogP contribution is -2.30. The van der Waals surface area contributed by atoms with Crippen molar-refractivity contribution in [3.63, 3.8) is 0 Å². The molecule has 1 saturated carbocycles. The van der Waals surface area contributed by atoms with Gasteiger partial charge in [0.05, 0.1) is 11.3 Å². The quantitative estimate of drug-likeness (QED) is 0.766. The van der Waals surface area contributed by atoms with E-state index in [0.717, 1.165) is 17.1 Å². The fourth-order valence-electron chi connectivity index (χ4n) is 1.85. The third kappa shape index (κ3) is 4.05. The average molecular weight is 326 g/mol. The third-order valence-electron chi connectivity index (χ3n) is 3.36. The maximum Gasteiger partial charge on any atom is 0.304 e. The zero-order valence-corrected chi connectivity index (χ0v) is 13.0. The first kappa shape index (κ1) is 16.4. The average Bonchev–Trinajstić information content (AvgIpc) is 3.28. The third-order valence-corrected chi connectivity index (χ3v) is 5.21. The second-order valence-corrected chi connectivity index (χ2v) is 7.29. The van der Waals surface area contributed by atoms with Crippen LogP contribution in [-0.4, -0.2) is 49.3 Å². The number of carbonyl (C=O) groups is 2. The number of rotatable bonds is 7. The molecule has 1 amide bonds. The van der Waals surface area contributed by atoms with Gasteiger partial charge in [0.15, 0.2) is 0 Å². The van der Waals surface area contributed by atoms with Crippen molar-refractivity contribution < 1.29 is 23.1 Å². The van der Waals surface area contributed by atoms with Crippen molar-refractivity contribution in [1.82, 2.24) is 9.62 Å². The Morgan fingerprint density at radius 3 is 2.64 bits per heavy atom. The number of hydrogen-bond acceptors (Lipinski definition) is 4. The molecule has 0 atom stereocenters. The molecule has 1 aliphatic carbocycles. The van der Waals surface area contributed by atoms with E-state index in [1.165, 1.54) is 25.2 Å². The predicted molar refractivity (Wildman–Crippen MR) is 79.0 cm³/mol. The van der Waals surface area contributed by atoms with Crippen molar-refractivity contribution >= 4 is 21.9 Å². The molecule has 0 spiro atoms. The Labute approximate surface area is 129 Å². The highest BCUT2D eigenvalue weighted by Gasteiger charge is 2.25. The summed E-state index contributed by atoms with van der Waals surface area (Å²) < 4.78 is 25.7. The normalized spacial score (nSPS) is 14.8. The molecule has 1 aromatic carbocycles. The molecule has 0 saturated heterocycles. The number of aliphatic carboxylic acids is 1. The summed E-state index contributed by atoms with van der Waals surface area (Å²) in [5.41, 5.74) is 0.277. The summed E-state index contributed by atoms with van der Waals surface area (Å²) in [6.45, 7) is -0.129.